The average Bonchev–Trinajstić information content (AvgIpc) is 3.26. The molecule has 1 N–H and O–H groups in total. The van der Waals surface area contributed by atoms with Gasteiger partial charge in [-0.15, -0.1) is 0 Å². The monoisotopic (exact) mass is 519 g/mol. The Morgan fingerprint density at radius 1 is 1.00 bits per heavy atom. The lowest BCUT2D eigenvalue weighted by atomic mass is 10.0. The van der Waals surface area contributed by atoms with Crippen LogP contribution in [0.2, 0.25) is 0 Å². The van der Waals surface area contributed by atoms with Crippen molar-refractivity contribution in [1.29, 1.82) is 0 Å². The molecule has 1 aliphatic heterocycles. The van der Waals surface area contributed by atoms with E-state index in [1.165, 1.54) is 0 Å². The van der Waals surface area contributed by atoms with Crippen LogP contribution in [0.1, 0.15) is 13.8 Å². The van der Waals surface area contributed by atoms with Gasteiger partial charge in [-0.2, -0.15) is 0 Å². The van der Waals surface area contributed by atoms with Crippen molar-refractivity contribution in [1.82, 2.24) is 14.5 Å². The number of aryl methyl sites for hydroxylation is 1. The average molecular weight is 520 g/mol. The van der Waals surface area contributed by atoms with Gasteiger partial charge in [0.2, 0.25) is 0 Å². The molecule has 1 aliphatic rings. The number of hydrogen-bond donors (Lipinski definition) is 1. The van der Waals surface area contributed by atoms with Gasteiger partial charge in [0.05, 0.1) is 23.1 Å². The van der Waals surface area contributed by atoms with E-state index in [0.29, 0.717) is 17.4 Å². The highest BCUT2D eigenvalue weighted by atomic mass is 32.2. The molecule has 0 bridgehead atoms. The number of rotatable bonds is 7. The summed E-state index contributed by atoms with van der Waals surface area (Å²) >= 11 is 0. The maximum atomic E-state index is 13.2. The second kappa shape index (κ2) is 10.1. The zero-order valence-electron chi connectivity index (χ0n) is 21.7. The highest BCUT2D eigenvalue weighted by Gasteiger charge is 2.23. The highest BCUT2D eigenvalue weighted by molar-refractivity contribution is 7.92. The summed E-state index contributed by atoms with van der Waals surface area (Å²) in [6.45, 7) is 8.35. The van der Waals surface area contributed by atoms with Gasteiger partial charge in [-0.3, -0.25) is 9.62 Å². The molecule has 0 atom stereocenters. The number of anilines is 2. The number of ether oxygens (including phenoxy) is 1. The molecule has 0 radical (unpaired) electrons. The fraction of sp³-hybridized carbons (Fsp3) is 0.321. The number of sulfonamides is 1. The van der Waals surface area contributed by atoms with E-state index in [9.17, 15) is 8.42 Å². The van der Waals surface area contributed by atoms with Gasteiger partial charge in [-0.25, -0.2) is 13.4 Å². The normalized spacial score (nSPS) is 14.9. The molecule has 0 amide bonds. The topological polar surface area (TPSA) is 79.7 Å². The largest absolute Gasteiger partial charge is 0.497 e. The summed E-state index contributed by atoms with van der Waals surface area (Å²) in [6.07, 6.45) is 3.62. The molecule has 9 heteroatoms. The molecule has 8 nitrogen and oxygen atoms in total. The van der Waals surface area contributed by atoms with Crippen molar-refractivity contribution in [3.05, 3.63) is 67.0 Å². The van der Waals surface area contributed by atoms with Crippen molar-refractivity contribution < 1.29 is 13.2 Å². The second-order valence-electron chi connectivity index (χ2n) is 9.67. The lowest BCUT2D eigenvalue weighted by Crippen LogP contribution is -2.48. The summed E-state index contributed by atoms with van der Waals surface area (Å²) < 4.78 is 36.7. The van der Waals surface area contributed by atoms with Crippen molar-refractivity contribution in [2.24, 2.45) is 7.05 Å². The predicted molar refractivity (Wildman–Crippen MR) is 149 cm³/mol. The van der Waals surface area contributed by atoms with Crippen molar-refractivity contribution in [3.63, 3.8) is 0 Å². The van der Waals surface area contributed by atoms with Crippen molar-refractivity contribution >= 4 is 32.4 Å². The van der Waals surface area contributed by atoms with Crippen LogP contribution in [0.3, 0.4) is 0 Å². The molecule has 0 saturated carbocycles. The van der Waals surface area contributed by atoms with Gasteiger partial charge in [0.25, 0.3) is 10.0 Å². The molecular formula is C28H33N5O3S. The Hall–Kier alpha value is -3.56. The van der Waals surface area contributed by atoms with Crippen LogP contribution >= 0.6 is 0 Å². The molecule has 2 aromatic carbocycles. The third-order valence-corrected chi connectivity index (χ3v) is 8.38. The van der Waals surface area contributed by atoms with Crippen LogP contribution in [-0.4, -0.2) is 62.2 Å². The van der Waals surface area contributed by atoms with Crippen molar-refractivity contribution in [2.75, 3.05) is 42.9 Å². The fourth-order valence-corrected chi connectivity index (χ4v) is 6.04. The van der Waals surface area contributed by atoms with E-state index in [1.807, 2.05) is 23.9 Å². The van der Waals surface area contributed by atoms with Gasteiger partial charge in [0.15, 0.2) is 0 Å². The van der Waals surface area contributed by atoms with E-state index < -0.39 is 10.0 Å². The number of methoxy groups -OCH3 is 1. The van der Waals surface area contributed by atoms with Crippen LogP contribution in [0.5, 0.6) is 5.75 Å². The third kappa shape index (κ3) is 5.01. The molecule has 0 aliphatic carbocycles. The van der Waals surface area contributed by atoms with Crippen molar-refractivity contribution in [2.45, 2.75) is 24.8 Å². The first-order valence-electron chi connectivity index (χ1n) is 12.5. The fourth-order valence-electron chi connectivity index (χ4n) is 4.95. The smallest absolute Gasteiger partial charge is 0.261 e. The van der Waals surface area contributed by atoms with Crippen LogP contribution in [-0.2, 0) is 17.1 Å². The summed E-state index contributed by atoms with van der Waals surface area (Å²) in [5.41, 5.74) is 4.10. The van der Waals surface area contributed by atoms with Gasteiger partial charge >= 0.3 is 0 Å². The lowest BCUT2D eigenvalue weighted by molar-refractivity contribution is 0.209. The maximum Gasteiger partial charge on any atom is 0.261 e. The van der Waals surface area contributed by atoms with E-state index in [2.05, 4.69) is 45.5 Å². The Kier molecular flexibility index (Phi) is 6.83. The van der Waals surface area contributed by atoms with Crippen LogP contribution in [0.4, 0.5) is 11.4 Å². The van der Waals surface area contributed by atoms with Crippen LogP contribution in [0, 0.1) is 0 Å². The van der Waals surface area contributed by atoms with E-state index in [4.69, 9.17) is 4.74 Å². The predicted octanol–water partition coefficient (Wildman–Crippen LogP) is 4.58. The minimum Gasteiger partial charge on any atom is -0.497 e. The molecule has 5 rings (SSSR count). The molecule has 0 spiro atoms. The Bertz CT molecular complexity index is 1510. The number of aromatic nitrogens is 2. The van der Waals surface area contributed by atoms with Gasteiger partial charge < -0.3 is 14.2 Å². The highest BCUT2D eigenvalue weighted by Crippen LogP contribution is 2.38. The molecule has 194 valence electrons. The number of benzene rings is 2. The molecule has 3 heterocycles. The van der Waals surface area contributed by atoms with E-state index in [0.717, 1.165) is 54.1 Å². The first-order valence-corrected chi connectivity index (χ1v) is 14.0. The van der Waals surface area contributed by atoms with Gasteiger partial charge in [0.1, 0.15) is 11.4 Å². The van der Waals surface area contributed by atoms with Crippen LogP contribution in [0.15, 0.2) is 71.9 Å². The maximum absolute atomic E-state index is 13.2. The summed E-state index contributed by atoms with van der Waals surface area (Å²) in [5.74, 6) is 0.756. The summed E-state index contributed by atoms with van der Waals surface area (Å²) in [4.78, 5) is 9.63. The summed E-state index contributed by atoms with van der Waals surface area (Å²) in [5, 5.41) is 0.744. The van der Waals surface area contributed by atoms with E-state index in [-0.39, 0.29) is 4.90 Å². The van der Waals surface area contributed by atoms with Gasteiger partial charge in [-0.1, -0.05) is 18.2 Å². The van der Waals surface area contributed by atoms with Crippen LogP contribution < -0.4 is 14.4 Å². The quantitative estimate of drug-likeness (QED) is 0.385. The first kappa shape index (κ1) is 25.1. The van der Waals surface area contributed by atoms with Crippen molar-refractivity contribution in [3.8, 4) is 16.9 Å². The Morgan fingerprint density at radius 3 is 2.41 bits per heavy atom. The number of piperazine rings is 1. The molecular weight excluding hydrogens is 486 g/mol. The lowest BCUT2D eigenvalue weighted by Gasteiger charge is -2.38. The zero-order valence-corrected chi connectivity index (χ0v) is 22.5. The molecule has 4 aromatic rings. The first-order chi connectivity index (χ1) is 17.8. The minimum absolute atomic E-state index is 0.210. The Morgan fingerprint density at radius 2 is 1.73 bits per heavy atom. The standard InChI is InChI=1S/C28H33N5O3S/c1-20(2)32-12-14-33(15-13-32)22-16-21(17-23(18-22)36-4)25-19-31(3)28-27(25)26(10-11-29-28)30-37(34,35)24-8-6-5-7-9-24/h5-11,16-20H,12-15H2,1-4H3,(H,29,30). The molecule has 1 fully saturated rings. The zero-order chi connectivity index (χ0) is 26.2. The van der Waals surface area contributed by atoms with Crippen LogP contribution in [0.25, 0.3) is 22.2 Å². The minimum atomic E-state index is -3.77. The number of hydrogen-bond acceptors (Lipinski definition) is 6. The molecule has 1 saturated heterocycles. The SMILES string of the molecule is COc1cc(-c2cn(C)c3nccc(NS(=O)(=O)c4ccccc4)c23)cc(N2CCN(C(C)C)CC2)c1. The Balaban J connectivity index is 1.57. The number of nitrogens with zero attached hydrogens (tertiary/aromatic N) is 4. The van der Waals surface area contributed by atoms with E-state index >= 15 is 0 Å². The Labute approximate surface area is 218 Å². The second-order valence-corrected chi connectivity index (χ2v) is 11.3. The summed E-state index contributed by atoms with van der Waals surface area (Å²) in [7, 11) is -0.182. The molecule has 2 aromatic heterocycles. The third-order valence-electron chi connectivity index (χ3n) is 7.00. The number of nitrogens with one attached hydrogen (secondary N) is 1. The van der Waals surface area contributed by atoms with Gasteiger partial charge in [-0.05, 0) is 49.7 Å². The molecule has 37 heavy (non-hydrogen) atoms. The van der Waals surface area contributed by atoms with Gasteiger partial charge in [0, 0.05) is 69.0 Å². The van der Waals surface area contributed by atoms with E-state index in [1.54, 1.807) is 49.7 Å². The number of pyridine rings is 1. The molecule has 0 unspecified atom stereocenters. The summed E-state index contributed by atoms with van der Waals surface area (Å²) in [6, 6.07) is 16.8. The number of fused-ring (bicyclic) bond motifs is 1.